The Morgan fingerprint density at radius 1 is 1.39 bits per heavy atom. The Hall–Kier alpha value is -1.06. The summed E-state index contributed by atoms with van der Waals surface area (Å²) in [7, 11) is 0. The van der Waals surface area contributed by atoms with Crippen molar-refractivity contribution in [2.24, 2.45) is 11.3 Å². The first kappa shape index (κ1) is 13.4. The van der Waals surface area contributed by atoms with E-state index in [1.165, 1.54) is 32.1 Å². The van der Waals surface area contributed by atoms with E-state index in [2.05, 4.69) is 17.6 Å². The van der Waals surface area contributed by atoms with Gasteiger partial charge in [0.2, 0.25) is 11.8 Å². The molecule has 0 aromatic carbocycles. The molecule has 1 heterocycles. The summed E-state index contributed by atoms with van der Waals surface area (Å²) >= 11 is 0. The largest absolute Gasteiger partial charge is 0.355 e. The molecule has 4 heteroatoms. The Labute approximate surface area is 109 Å². The van der Waals surface area contributed by atoms with Gasteiger partial charge in [-0.25, -0.2) is 0 Å². The highest BCUT2D eigenvalue weighted by Crippen LogP contribution is 2.35. The predicted molar refractivity (Wildman–Crippen MR) is 69.9 cm³/mol. The van der Waals surface area contributed by atoms with Crippen LogP contribution in [0.15, 0.2) is 0 Å². The third-order valence-electron chi connectivity index (χ3n) is 4.39. The van der Waals surface area contributed by atoms with Gasteiger partial charge in [0.05, 0.1) is 5.92 Å². The zero-order chi connectivity index (χ0) is 13.0. The second-order valence-corrected chi connectivity index (χ2v) is 6.13. The van der Waals surface area contributed by atoms with Crippen LogP contribution < -0.4 is 10.6 Å². The first-order valence-corrected chi connectivity index (χ1v) is 7.13. The molecule has 4 nitrogen and oxygen atoms in total. The smallest absolute Gasteiger partial charge is 0.224 e. The van der Waals surface area contributed by atoms with Crippen LogP contribution in [0.5, 0.6) is 0 Å². The number of carbonyl (C=O) groups excluding carboxylic acids is 2. The van der Waals surface area contributed by atoms with Gasteiger partial charge in [-0.2, -0.15) is 0 Å². The van der Waals surface area contributed by atoms with E-state index in [-0.39, 0.29) is 23.1 Å². The second-order valence-electron chi connectivity index (χ2n) is 6.13. The molecule has 1 aliphatic carbocycles. The van der Waals surface area contributed by atoms with Gasteiger partial charge in [-0.15, -0.1) is 0 Å². The summed E-state index contributed by atoms with van der Waals surface area (Å²) < 4.78 is 0. The molecule has 1 saturated carbocycles. The zero-order valence-corrected chi connectivity index (χ0v) is 11.3. The quantitative estimate of drug-likeness (QED) is 0.801. The lowest BCUT2D eigenvalue weighted by molar-refractivity contribution is -0.129. The van der Waals surface area contributed by atoms with E-state index in [4.69, 9.17) is 0 Å². The average Bonchev–Trinajstić information content (AvgIpc) is 2.38. The summed E-state index contributed by atoms with van der Waals surface area (Å²) in [5.41, 5.74) is 0.284. The molecule has 2 amide bonds. The highest BCUT2D eigenvalue weighted by atomic mass is 16.2. The lowest BCUT2D eigenvalue weighted by atomic mass is 9.75. The molecule has 0 aromatic rings. The highest BCUT2D eigenvalue weighted by molar-refractivity contribution is 5.83. The molecule has 2 fully saturated rings. The Morgan fingerprint density at radius 2 is 2.11 bits per heavy atom. The maximum Gasteiger partial charge on any atom is 0.224 e. The second kappa shape index (κ2) is 5.72. The molecular weight excluding hydrogens is 228 g/mol. The molecule has 0 radical (unpaired) electrons. The summed E-state index contributed by atoms with van der Waals surface area (Å²) in [6, 6.07) is 0. The Balaban J connectivity index is 1.75. The minimum absolute atomic E-state index is 0.0325. The van der Waals surface area contributed by atoms with Crippen molar-refractivity contribution in [2.45, 2.75) is 51.9 Å². The van der Waals surface area contributed by atoms with Gasteiger partial charge in [0.1, 0.15) is 0 Å². The van der Waals surface area contributed by atoms with E-state index in [1.54, 1.807) is 0 Å². The van der Waals surface area contributed by atoms with Crippen molar-refractivity contribution in [3.05, 3.63) is 0 Å². The molecule has 2 aliphatic rings. The fourth-order valence-corrected chi connectivity index (χ4v) is 2.98. The van der Waals surface area contributed by atoms with E-state index < -0.39 is 0 Å². The topological polar surface area (TPSA) is 58.2 Å². The summed E-state index contributed by atoms with van der Waals surface area (Å²) in [5.74, 6) is 0.148. The highest BCUT2D eigenvalue weighted by Gasteiger charge is 2.29. The predicted octanol–water partition coefficient (Wildman–Crippen LogP) is 1.60. The minimum atomic E-state index is -0.0325. The first-order chi connectivity index (χ1) is 8.59. The van der Waals surface area contributed by atoms with E-state index in [0.717, 1.165) is 6.54 Å². The number of amides is 2. The molecule has 18 heavy (non-hydrogen) atoms. The molecule has 0 bridgehead atoms. The van der Waals surface area contributed by atoms with Crippen molar-refractivity contribution in [2.75, 3.05) is 13.1 Å². The van der Waals surface area contributed by atoms with Crippen LogP contribution in [0, 0.1) is 11.3 Å². The molecule has 2 rings (SSSR count). The Bertz CT molecular complexity index is 312. The van der Waals surface area contributed by atoms with Crippen LogP contribution >= 0.6 is 0 Å². The molecule has 102 valence electrons. The molecule has 2 N–H and O–H groups in total. The molecule has 1 saturated heterocycles. The van der Waals surface area contributed by atoms with Gasteiger partial charge in [0, 0.05) is 19.5 Å². The standard InChI is InChI=1S/C14H24N2O2/c1-14(7-3-2-4-8-14)10-16-13(18)11-5-6-12(17)15-9-11/h11H,2-10H2,1H3,(H,15,17)(H,16,18). The maximum atomic E-state index is 12.0. The molecule has 0 spiro atoms. The summed E-state index contributed by atoms with van der Waals surface area (Å²) in [6.07, 6.45) is 7.50. The van der Waals surface area contributed by atoms with Crippen molar-refractivity contribution in [3.63, 3.8) is 0 Å². The van der Waals surface area contributed by atoms with Crippen molar-refractivity contribution in [1.82, 2.24) is 10.6 Å². The third-order valence-corrected chi connectivity index (χ3v) is 4.39. The van der Waals surface area contributed by atoms with E-state index in [1.807, 2.05) is 0 Å². The van der Waals surface area contributed by atoms with Crippen LogP contribution in [-0.4, -0.2) is 24.9 Å². The molecular formula is C14H24N2O2. The summed E-state index contributed by atoms with van der Waals surface area (Å²) in [5, 5.41) is 5.85. The zero-order valence-electron chi connectivity index (χ0n) is 11.3. The number of nitrogens with one attached hydrogen (secondary N) is 2. The van der Waals surface area contributed by atoms with Gasteiger partial charge in [0.25, 0.3) is 0 Å². The lowest BCUT2D eigenvalue weighted by Gasteiger charge is -2.34. The van der Waals surface area contributed by atoms with Crippen LogP contribution in [0.2, 0.25) is 0 Å². The van der Waals surface area contributed by atoms with Gasteiger partial charge in [-0.05, 0) is 24.7 Å². The van der Waals surface area contributed by atoms with E-state index >= 15 is 0 Å². The molecule has 0 aromatic heterocycles. The van der Waals surface area contributed by atoms with Crippen molar-refractivity contribution < 1.29 is 9.59 Å². The minimum Gasteiger partial charge on any atom is -0.355 e. The van der Waals surface area contributed by atoms with Gasteiger partial charge >= 0.3 is 0 Å². The van der Waals surface area contributed by atoms with Crippen molar-refractivity contribution in [1.29, 1.82) is 0 Å². The fourth-order valence-electron chi connectivity index (χ4n) is 2.98. The SMILES string of the molecule is CC1(CNC(=O)C2CCC(=O)NC2)CCCCC1. The van der Waals surface area contributed by atoms with E-state index in [0.29, 0.717) is 19.4 Å². The van der Waals surface area contributed by atoms with Crippen LogP contribution in [0.4, 0.5) is 0 Å². The summed E-state index contributed by atoms with van der Waals surface area (Å²) in [6.45, 7) is 3.56. The Morgan fingerprint density at radius 3 is 2.72 bits per heavy atom. The first-order valence-electron chi connectivity index (χ1n) is 7.13. The number of piperidine rings is 1. The number of hydrogen-bond donors (Lipinski definition) is 2. The number of carbonyl (C=O) groups is 2. The van der Waals surface area contributed by atoms with Gasteiger partial charge in [-0.3, -0.25) is 9.59 Å². The summed E-state index contributed by atoms with van der Waals surface area (Å²) in [4.78, 5) is 23.1. The maximum absolute atomic E-state index is 12.0. The van der Waals surface area contributed by atoms with Gasteiger partial charge < -0.3 is 10.6 Å². The third kappa shape index (κ3) is 3.47. The molecule has 1 aliphatic heterocycles. The normalized spacial score (nSPS) is 27.4. The van der Waals surface area contributed by atoms with E-state index in [9.17, 15) is 9.59 Å². The molecule has 1 unspecified atom stereocenters. The monoisotopic (exact) mass is 252 g/mol. The van der Waals surface area contributed by atoms with Gasteiger partial charge in [0.15, 0.2) is 0 Å². The van der Waals surface area contributed by atoms with Crippen molar-refractivity contribution >= 4 is 11.8 Å². The lowest BCUT2D eigenvalue weighted by Crippen LogP contribution is -2.45. The van der Waals surface area contributed by atoms with Gasteiger partial charge in [-0.1, -0.05) is 26.2 Å². The van der Waals surface area contributed by atoms with Crippen LogP contribution in [0.25, 0.3) is 0 Å². The van der Waals surface area contributed by atoms with Crippen molar-refractivity contribution in [3.8, 4) is 0 Å². The van der Waals surface area contributed by atoms with Crippen LogP contribution in [0.1, 0.15) is 51.9 Å². The van der Waals surface area contributed by atoms with Crippen LogP contribution in [-0.2, 0) is 9.59 Å². The fraction of sp³-hybridized carbons (Fsp3) is 0.857. The Kier molecular flexibility index (Phi) is 4.25. The van der Waals surface area contributed by atoms with Crippen LogP contribution in [0.3, 0.4) is 0 Å². The number of rotatable bonds is 3. The average molecular weight is 252 g/mol. The molecule has 1 atom stereocenters. The number of hydrogen-bond acceptors (Lipinski definition) is 2.